The summed E-state index contributed by atoms with van der Waals surface area (Å²) in [7, 11) is 0. The van der Waals surface area contributed by atoms with Crippen LogP contribution < -0.4 is 0 Å². The largest absolute Gasteiger partial charge is 0.462 e. The normalized spacial score (nSPS) is 13.1. The monoisotopic (exact) mass is 1090 g/mol. The van der Waals surface area contributed by atoms with Crippen molar-refractivity contribution in [3.63, 3.8) is 0 Å². The highest BCUT2D eigenvalue weighted by atomic mass is 16.6. The first-order valence-electron chi connectivity index (χ1n) is 32.3. The molecule has 0 aliphatic rings. The number of hydrogen-bond donors (Lipinski definition) is 0. The fourth-order valence-electron chi connectivity index (χ4n) is 8.53. The van der Waals surface area contributed by atoms with E-state index in [2.05, 4.69) is 167 Å². The maximum Gasteiger partial charge on any atom is 0.306 e. The zero-order valence-corrected chi connectivity index (χ0v) is 51.1. The first-order valence-corrected chi connectivity index (χ1v) is 32.3. The smallest absolute Gasteiger partial charge is 0.306 e. The molecule has 0 N–H and O–H groups in total. The van der Waals surface area contributed by atoms with Crippen molar-refractivity contribution in [3.05, 3.63) is 146 Å². The first kappa shape index (κ1) is 74.3. The number of allylic oxidation sites excluding steroid dienone is 24. The third-order valence-corrected chi connectivity index (χ3v) is 13.3. The maximum absolute atomic E-state index is 12.9. The van der Waals surface area contributed by atoms with E-state index in [1.807, 2.05) is 0 Å². The molecular formula is C73H118O6. The SMILES string of the molecule is CC/C=C\C/C=C\C/C=C\C/C=C\C/C=C\C/C=C\C/C=C\C/C=C\CCCCC(=O)OCC(COC(=O)CCCCCCCCC/C=C\CCCCCCCC)OC(=O)CCCCCCCCC/C=C\C/C=C\C/C=C\CC. The minimum atomic E-state index is -0.811. The number of rotatable bonds is 57. The van der Waals surface area contributed by atoms with Gasteiger partial charge >= 0.3 is 17.9 Å². The summed E-state index contributed by atoms with van der Waals surface area (Å²) >= 11 is 0. The molecule has 79 heavy (non-hydrogen) atoms. The Morgan fingerprint density at radius 1 is 0.266 bits per heavy atom. The summed E-state index contributed by atoms with van der Waals surface area (Å²) in [5, 5.41) is 0. The van der Waals surface area contributed by atoms with Crippen molar-refractivity contribution in [1.29, 1.82) is 0 Å². The number of hydrogen-bond acceptors (Lipinski definition) is 6. The summed E-state index contributed by atoms with van der Waals surface area (Å²) in [6.07, 6.45) is 94.2. The van der Waals surface area contributed by atoms with Crippen molar-refractivity contribution >= 4 is 17.9 Å². The van der Waals surface area contributed by atoms with Gasteiger partial charge in [0.15, 0.2) is 6.10 Å². The van der Waals surface area contributed by atoms with Crippen LogP contribution in [0.25, 0.3) is 0 Å². The van der Waals surface area contributed by atoms with Crippen LogP contribution >= 0.6 is 0 Å². The van der Waals surface area contributed by atoms with Crippen LogP contribution in [-0.2, 0) is 28.6 Å². The summed E-state index contributed by atoms with van der Waals surface area (Å²) in [5.74, 6) is -0.962. The van der Waals surface area contributed by atoms with Crippen LogP contribution in [0.5, 0.6) is 0 Å². The van der Waals surface area contributed by atoms with Gasteiger partial charge in [-0.2, -0.15) is 0 Å². The van der Waals surface area contributed by atoms with Crippen molar-refractivity contribution < 1.29 is 28.6 Å². The van der Waals surface area contributed by atoms with E-state index in [0.29, 0.717) is 25.7 Å². The third kappa shape index (κ3) is 64.0. The van der Waals surface area contributed by atoms with Crippen molar-refractivity contribution in [2.75, 3.05) is 13.2 Å². The Bertz CT molecular complexity index is 1730. The van der Waals surface area contributed by atoms with Crippen molar-refractivity contribution in [2.45, 2.75) is 284 Å². The summed E-state index contributed by atoms with van der Waals surface area (Å²) in [6, 6.07) is 0. The lowest BCUT2D eigenvalue weighted by Crippen LogP contribution is -2.30. The molecule has 0 aromatic rings. The highest BCUT2D eigenvalue weighted by Gasteiger charge is 2.19. The molecule has 6 nitrogen and oxygen atoms in total. The second kappa shape index (κ2) is 65.8. The predicted molar refractivity (Wildman–Crippen MR) is 343 cm³/mol. The van der Waals surface area contributed by atoms with E-state index in [1.165, 1.54) is 103 Å². The third-order valence-electron chi connectivity index (χ3n) is 13.3. The molecule has 0 bridgehead atoms. The van der Waals surface area contributed by atoms with Gasteiger partial charge in [-0.05, 0) is 141 Å². The van der Waals surface area contributed by atoms with Gasteiger partial charge < -0.3 is 14.2 Å². The van der Waals surface area contributed by atoms with E-state index in [0.717, 1.165) is 128 Å². The van der Waals surface area contributed by atoms with E-state index >= 15 is 0 Å². The fourth-order valence-corrected chi connectivity index (χ4v) is 8.53. The Morgan fingerprint density at radius 3 is 0.810 bits per heavy atom. The Balaban J connectivity index is 4.48. The van der Waals surface area contributed by atoms with Gasteiger partial charge in [0.05, 0.1) is 0 Å². The average Bonchev–Trinajstić information content (AvgIpc) is 3.45. The lowest BCUT2D eigenvalue weighted by Gasteiger charge is -2.18. The Kier molecular flexibility index (Phi) is 61.9. The Morgan fingerprint density at radius 2 is 0.494 bits per heavy atom. The number of esters is 3. The van der Waals surface area contributed by atoms with Gasteiger partial charge in [-0.1, -0.05) is 263 Å². The van der Waals surface area contributed by atoms with E-state index in [4.69, 9.17) is 14.2 Å². The molecule has 0 amide bonds. The predicted octanol–water partition coefficient (Wildman–Crippen LogP) is 22.3. The highest BCUT2D eigenvalue weighted by molar-refractivity contribution is 5.71. The molecule has 0 aliphatic carbocycles. The fraction of sp³-hybridized carbons (Fsp3) is 0.630. The second-order valence-electron chi connectivity index (χ2n) is 20.9. The summed E-state index contributed by atoms with van der Waals surface area (Å²) < 4.78 is 16.9. The van der Waals surface area contributed by atoms with Gasteiger partial charge in [0.1, 0.15) is 13.2 Å². The van der Waals surface area contributed by atoms with Crippen LogP contribution in [0.4, 0.5) is 0 Å². The number of carbonyl (C=O) groups excluding carboxylic acids is 3. The molecule has 0 saturated heterocycles. The second-order valence-corrected chi connectivity index (χ2v) is 20.9. The molecular weight excluding hydrogens is 973 g/mol. The standard InChI is InChI=1S/C73H118O6/c1-4-7-10-13-16-19-22-25-28-31-32-33-34-35-36-37-38-39-40-43-45-48-51-54-57-60-63-66-72(75)78-69-70(79-73(76)67-64-61-58-55-52-49-46-42-30-27-24-21-18-15-12-9-6-3)68-77-71(74)65-62-59-56-53-50-47-44-41-29-26-23-20-17-14-11-8-5-2/h7,9-10,12,16,18-19,21,25-30,32-33,35-36,38-39,43,45,51,54,70H,4-6,8,11,13-15,17,20,22-24,31,34,37,40-42,44,46-50,52-53,55-69H2,1-3H3/b10-7-,12-9-,19-16-,21-18-,28-25-,29-26-,30-27-,33-32-,36-35-,39-38-,45-43-,54-51-. The number of ether oxygens (including phenoxy) is 3. The van der Waals surface area contributed by atoms with Crippen molar-refractivity contribution in [1.82, 2.24) is 0 Å². The molecule has 0 aliphatic heterocycles. The maximum atomic E-state index is 12.9. The number of carbonyl (C=O) groups is 3. The minimum absolute atomic E-state index is 0.103. The van der Waals surface area contributed by atoms with Crippen molar-refractivity contribution in [2.24, 2.45) is 0 Å². The van der Waals surface area contributed by atoms with Gasteiger partial charge in [0.25, 0.3) is 0 Å². The molecule has 446 valence electrons. The Hall–Kier alpha value is -4.71. The van der Waals surface area contributed by atoms with Crippen LogP contribution in [0.1, 0.15) is 278 Å². The molecule has 0 rings (SSSR count). The molecule has 0 saturated carbocycles. The topological polar surface area (TPSA) is 78.9 Å². The number of unbranched alkanes of at least 4 members (excludes halogenated alkanes) is 22. The Labute approximate surface area is 487 Å². The van der Waals surface area contributed by atoms with Crippen LogP contribution in [0.3, 0.4) is 0 Å². The van der Waals surface area contributed by atoms with Gasteiger partial charge in [0, 0.05) is 19.3 Å². The van der Waals surface area contributed by atoms with E-state index in [-0.39, 0.29) is 31.1 Å². The highest BCUT2D eigenvalue weighted by Crippen LogP contribution is 2.15. The average molecular weight is 1090 g/mol. The zero-order valence-electron chi connectivity index (χ0n) is 51.1. The van der Waals surface area contributed by atoms with Crippen LogP contribution in [0.2, 0.25) is 0 Å². The minimum Gasteiger partial charge on any atom is -0.462 e. The molecule has 1 atom stereocenters. The summed E-state index contributed by atoms with van der Waals surface area (Å²) in [5.41, 5.74) is 0. The summed E-state index contributed by atoms with van der Waals surface area (Å²) in [4.78, 5) is 38.3. The summed E-state index contributed by atoms with van der Waals surface area (Å²) in [6.45, 7) is 6.37. The molecule has 0 fully saturated rings. The van der Waals surface area contributed by atoms with Crippen LogP contribution in [0.15, 0.2) is 146 Å². The first-order chi connectivity index (χ1) is 39.0. The lowest BCUT2D eigenvalue weighted by atomic mass is 10.1. The molecule has 0 radical (unpaired) electrons. The van der Waals surface area contributed by atoms with Crippen LogP contribution in [0, 0.1) is 0 Å². The molecule has 0 heterocycles. The molecule has 0 aromatic heterocycles. The van der Waals surface area contributed by atoms with Gasteiger partial charge in [0.2, 0.25) is 0 Å². The van der Waals surface area contributed by atoms with Gasteiger partial charge in [-0.25, -0.2) is 0 Å². The lowest BCUT2D eigenvalue weighted by molar-refractivity contribution is -0.167. The molecule has 1 unspecified atom stereocenters. The quantitative estimate of drug-likeness (QED) is 0.0261. The van der Waals surface area contributed by atoms with Gasteiger partial charge in [-0.15, -0.1) is 0 Å². The van der Waals surface area contributed by atoms with Gasteiger partial charge in [-0.3, -0.25) is 14.4 Å². The van der Waals surface area contributed by atoms with Crippen LogP contribution in [-0.4, -0.2) is 37.2 Å². The van der Waals surface area contributed by atoms with E-state index in [1.54, 1.807) is 0 Å². The molecule has 6 heteroatoms. The van der Waals surface area contributed by atoms with Crippen molar-refractivity contribution in [3.8, 4) is 0 Å². The molecule has 0 aromatic carbocycles. The zero-order chi connectivity index (χ0) is 57.1. The molecule has 0 spiro atoms. The van der Waals surface area contributed by atoms with E-state index in [9.17, 15) is 14.4 Å². The van der Waals surface area contributed by atoms with E-state index < -0.39 is 6.10 Å².